The van der Waals surface area contributed by atoms with Gasteiger partial charge < -0.3 is 14.7 Å². The number of nitro benzene ring substituents is 1. The molecule has 0 saturated carbocycles. The molecule has 32 heavy (non-hydrogen) atoms. The molecule has 0 N–H and O–H groups in total. The molecule has 0 spiro atoms. The SMILES string of the molecule is O=C(c1ccc(F)cc1Cl)N1CCN(C(=O)c2cc([N+](=O)[O-])ccc2N2CCCC2)CC1. The van der Waals surface area contributed by atoms with Gasteiger partial charge in [0.25, 0.3) is 17.5 Å². The highest BCUT2D eigenvalue weighted by Crippen LogP contribution is 2.30. The van der Waals surface area contributed by atoms with Gasteiger partial charge in [-0.15, -0.1) is 0 Å². The molecule has 0 radical (unpaired) electrons. The Morgan fingerprint density at radius 3 is 2.03 bits per heavy atom. The quantitative estimate of drug-likeness (QED) is 0.514. The predicted molar refractivity (Wildman–Crippen MR) is 118 cm³/mol. The molecule has 0 bridgehead atoms. The van der Waals surface area contributed by atoms with Crippen LogP contribution < -0.4 is 4.90 Å². The lowest BCUT2D eigenvalue weighted by atomic mass is 10.1. The number of nitro groups is 1. The highest BCUT2D eigenvalue weighted by molar-refractivity contribution is 6.33. The molecule has 0 aliphatic carbocycles. The maximum atomic E-state index is 13.3. The Morgan fingerprint density at radius 1 is 0.875 bits per heavy atom. The van der Waals surface area contributed by atoms with Crippen LogP contribution in [0.4, 0.5) is 15.8 Å². The van der Waals surface area contributed by atoms with Gasteiger partial charge in [-0.3, -0.25) is 19.7 Å². The van der Waals surface area contributed by atoms with E-state index >= 15 is 0 Å². The van der Waals surface area contributed by atoms with Crippen molar-refractivity contribution in [2.45, 2.75) is 12.8 Å². The Labute approximate surface area is 189 Å². The third-order valence-corrected chi connectivity index (χ3v) is 6.20. The molecule has 0 unspecified atom stereocenters. The number of carbonyl (C=O) groups excluding carboxylic acids is 2. The molecule has 8 nitrogen and oxygen atoms in total. The molecule has 0 aromatic heterocycles. The van der Waals surface area contributed by atoms with Gasteiger partial charge in [0.1, 0.15) is 5.82 Å². The molecule has 0 atom stereocenters. The maximum Gasteiger partial charge on any atom is 0.270 e. The molecule has 4 rings (SSSR count). The van der Waals surface area contributed by atoms with Crippen LogP contribution in [0.15, 0.2) is 36.4 Å². The summed E-state index contributed by atoms with van der Waals surface area (Å²) in [5.74, 6) is -1.13. The summed E-state index contributed by atoms with van der Waals surface area (Å²) >= 11 is 6.01. The van der Waals surface area contributed by atoms with Crippen molar-refractivity contribution in [2.24, 2.45) is 0 Å². The van der Waals surface area contributed by atoms with Gasteiger partial charge in [0.05, 0.1) is 26.8 Å². The first-order valence-electron chi connectivity index (χ1n) is 10.4. The van der Waals surface area contributed by atoms with Crippen LogP contribution >= 0.6 is 11.6 Å². The number of piperazine rings is 1. The van der Waals surface area contributed by atoms with Gasteiger partial charge in [0.2, 0.25) is 0 Å². The van der Waals surface area contributed by atoms with Crippen LogP contribution in [0.25, 0.3) is 0 Å². The minimum Gasteiger partial charge on any atom is -0.371 e. The van der Waals surface area contributed by atoms with Gasteiger partial charge >= 0.3 is 0 Å². The Kier molecular flexibility index (Phi) is 6.27. The lowest BCUT2D eigenvalue weighted by molar-refractivity contribution is -0.384. The fraction of sp³-hybridized carbons (Fsp3) is 0.364. The van der Waals surface area contributed by atoms with Crippen molar-refractivity contribution in [1.82, 2.24) is 9.80 Å². The van der Waals surface area contributed by atoms with Gasteiger partial charge in [0.15, 0.2) is 0 Å². The van der Waals surface area contributed by atoms with Gasteiger partial charge in [-0.05, 0) is 37.1 Å². The number of benzene rings is 2. The molecule has 2 aromatic carbocycles. The average molecular weight is 461 g/mol. The van der Waals surface area contributed by atoms with E-state index < -0.39 is 10.7 Å². The zero-order valence-electron chi connectivity index (χ0n) is 17.3. The number of non-ortho nitro benzene ring substituents is 1. The van der Waals surface area contributed by atoms with E-state index in [0.717, 1.165) is 32.0 Å². The van der Waals surface area contributed by atoms with Crippen LogP contribution in [-0.2, 0) is 0 Å². The minimum atomic E-state index is -0.521. The molecule has 2 amide bonds. The number of anilines is 1. The first kappa shape index (κ1) is 22.0. The Bertz CT molecular complexity index is 1070. The summed E-state index contributed by atoms with van der Waals surface area (Å²) in [5, 5.41) is 11.3. The van der Waals surface area contributed by atoms with Crippen LogP contribution in [0.2, 0.25) is 5.02 Å². The summed E-state index contributed by atoms with van der Waals surface area (Å²) in [7, 11) is 0. The van der Waals surface area contributed by atoms with Crippen molar-refractivity contribution < 1.29 is 18.9 Å². The topological polar surface area (TPSA) is 87.0 Å². The van der Waals surface area contributed by atoms with Crippen molar-refractivity contribution in [1.29, 1.82) is 0 Å². The van der Waals surface area contributed by atoms with Crippen molar-refractivity contribution >= 4 is 34.8 Å². The van der Waals surface area contributed by atoms with Gasteiger partial charge in [-0.25, -0.2) is 4.39 Å². The molecular weight excluding hydrogens is 439 g/mol. The number of nitrogens with zero attached hydrogens (tertiary/aromatic N) is 4. The van der Waals surface area contributed by atoms with E-state index in [0.29, 0.717) is 11.3 Å². The third-order valence-electron chi connectivity index (χ3n) is 5.88. The third kappa shape index (κ3) is 4.38. The van der Waals surface area contributed by atoms with Crippen LogP contribution in [-0.4, -0.2) is 65.8 Å². The fourth-order valence-electron chi connectivity index (χ4n) is 4.16. The van der Waals surface area contributed by atoms with Gasteiger partial charge in [0, 0.05) is 51.4 Å². The van der Waals surface area contributed by atoms with Crippen LogP contribution in [0.5, 0.6) is 0 Å². The molecule has 2 heterocycles. The monoisotopic (exact) mass is 460 g/mol. The largest absolute Gasteiger partial charge is 0.371 e. The van der Waals surface area contributed by atoms with E-state index in [9.17, 15) is 24.1 Å². The predicted octanol–water partition coefficient (Wildman–Crippen LogP) is 3.59. The molecule has 10 heteroatoms. The van der Waals surface area contributed by atoms with E-state index in [1.165, 1.54) is 24.3 Å². The van der Waals surface area contributed by atoms with E-state index in [4.69, 9.17) is 11.6 Å². The second kappa shape index (κ2) is 9.12. The van der Waals surface area contributed by atoms with Crippen molar-refractivity contribution in [3.63, 3.8) is 0 Å². The Balaban J connectivity index is 1.50. The normalized spacial score (nSPS) is 16.4. The molecule has 2 saturated heterocycles. The highest BCUT2D eigenvalue weighted by Gasteiger charge is 2.30. The molecule has 2 aliphatic heterocycles. The second-order valence-electron chi connectivity index (χ2n) is 7.86. The van der Waals surface area contributed by atoms with Crippen molar-refractivity contribution in [2.75, 3.05) is 44.2 Å². The summed E-state index contributed by atoms with van der Waals surface area (Å²) in [4.78, 5) is 42.1. The Morgan fingerprint density at radius 2 is 1.47 bits per heavy atom. The van der Waals surface area contributed by atoms with E-state index in [1.807, 2.05) is 0 Å². The summed E-state index contributed by atoms with van der Waals surface area (Å²) < 4.78 is 13.3. The number of hydrogen-bond acceptors (Lipinski definition) is 5. The smallest absolute Gasteiger partial charge is 0.270 e. The Hall–Kier alpha value is -3.20. The maximum absolute atomic E-state index is 13.3. The zero-order valence-corrected chi connectivity index (χ0v) is 18.1. The second-order valence-corrected chi connectivity index (χ2v) is 8.27. The standard InChI is InChI=1S/C22H22ClFN4O4/c23-19-13-15(24)3-5-17(19)21(29)26-9-11-27(12-10-26)22(30)18-14-16(28(31)32)4-6-20(18)25-7-1-2-8-25/h3-6,13-14H,1-2,7-12H2. The number of halogens is 2. The first-order valence-corrected chi connectivity index (χ1v) is 10.8. The first-order chi connectivity index (χ1) is 15.3. The summed E-state index contributed by atoms with van der Waals surface area (Å²) in [6.07, 6.45) is 2.02. The van der Waals surface area contributed by atoms with Crippen molar-refractivity contribution in [3.05, 3.63) is 68.5 Å². The van der Waals surface area contributed by atoms with E-state index in [1.54, 1.807) is 15.9 Å². The molecule has 2 aliphatic rings. The lowest BCUT2D eigenvalue weighted by Gasteiger charge is -2.35. The highest BCUT2D eigenvalue weighted by atomic mass is 35.5. The number of carbonyl (C=O) groups is 2. The van der Waals surface area contributed by atoms with Crippen molar-refractivity contribution in [3.8, 4) is 0 Å². The van der Waals surface area contributed by atoms with Crippen LogP contribution in [0.1, 0.15) is 33.6 Å². The number of hydrogen-bond donors (Lipinski definition) is 0. The zero-order chi connectivity index (χ0) is 22.8. The van der Waals surface area contributed by atoms with Gasteiger partial charge in [-0.1, -0.05) is 11.6 Å². The number of rotatable bonds is 4. The minimum absolute atomic E-state index is 0.0420. The van der Waals surface area contributed by atoms with Crippen LogP contribution in [0.3, 0.4) is 0 Å². The molecular formula is C22H22ClFN4O4. The molecule has 168 valence electrons. The average Bonchev–Trinajstić information content (AvgIpc) is 3.32. The van der Waals surface area contributed by atoms with Crippen LogP contribution in [0, 0.1) is 15.9 Å². The van der Waals surface area contributed by atoms with Gasteiger partial charge in [-0.2, -0.15) is 0 Å². The van der Waals surface area contributed by atoms with E-state index in [-0.39, 0.29) is 54.3 Å². The number of amides is 2. The molecule has 2 fully saturated rings. The molecule has 2 aromatic rings. The summed E-state index contributed by atoms with van der Waals surface area (Å²) in [5.41, 5.74) is 1.09. The summed E-state index contributed by atoms with van der Waals surface area (Å²) in [6.45, 7) is 2.74. The fourth-order valence-corrected chi connectivity index (χ4v) is 4.41. The van der Waals surface area contributed by atoms with E-state index in [2.05, 4.69) is 4.90 Å². The lowest BCUT2D eigenvalue weighted by Crippen LogP contribution is -2.50. The summed E-state index contributed by atoms with van der Waals surface area (Å²) in [6, 6.07) is 8.03.